The van der Waals surface area contributed by atoms with Crippen molar-refractivity contribution in [3.63, 3.8) is 0 Å². The van der Waals surface area contributed by atoms with Gasteiger partial charge in [0.15, 0.2) is 0 Å². The van der Waals surface area contributed by atoms with Crippen LogP contribution in [-0.4, -0.2) is 34.1 Å². The van der Waals surface area contributed by atoms with Crippen molar-refractivity contribution in [2.45, 2.75) is 32.4 Å². The second kappa shape index (κ2) is 11.5. The number of nitrogens with one attached hydrogen (secondary N) is 1. The van der Waals surface area contributed by atoms with Crippen LogP contribution in [0.3, 0.4) is 0 Å². The summed E-state index contributed by atoms with van der Waals surface area (Å²) in [6.45, 7) is 3.56. The summed E-state index contributed by atoms with van der Waals surface area (Å²) >= 11 is 1.56. The summed E-state index contributed by atoms with van der Waals surface area (Å²) in [4.78, 5) is 16.1. The van der Waals surface area contributed by atoms with Crippen LogP contribution in [-0.2, 0) is 17.8 Å². The third-order valence-electron chi connectivity index (χ3n) is 5.28. The predicted octanol–water partition coefficient (Wildman–Crippen LogP) is 5.11. The lowest BCUT2D eigenvalue weighted by molar-refractivity contribution is -0.123. The Bertz CT molecular complexity index is 1110. The highest BCUT2D eigenvalue weighted by Crippen LogP contribution is 2.23. The Hall–Kier alpha value is -3.29. The number of thiophene rings is 1. The number of nitrogens with zero attached hydrogens (tertiary/aromatic N) is 3. The van der Waals surface area contributed by atoms with E-state index in [2.05, 4.69) is 46.7 Å². The molecule has 2 aromatic heterocycles. The fraction of sp³-hybridized carbons (Fsp3) is 0.269. The van der Waals surface area contributed by atoms with Crippen LogP contribution >= 0.6 is 11.3 Å². The highest BCUT2D eigenvalue weighted by atomic mass is 32.1. The van der Waals surface area contributed by atoms with Gasteiger partial charge in [-0.05, 0) is 42.0 Å². The van der Waals surface area contributed by atoms with Crippen molar-refractivity contribution in [2.75, 3.05) is 13.1 Å². The minimum Gasteiger partial charge on any atom is -0.419 e. The molecule has 4 rings (SSSR count). The zero-order chi connectivity index (χ0) is 22.9. The standard InChI is InChI=1S/C26H28N4O2S/c1-2-15-30(19-25-28-29-26(32-25)23-14-9-16-33-23)18-24(31)27-22(21-12-7-4-8-13-21)17-20-10-5-3-6-11-20/h3-14,16,22H,2,15,17-19H2,1H3,(H,27,31). The van der Waals surface area contributed by atoms with Crippen LogP contribution in [0.15, 0.2) is 82.6 Å². The van der Waals surface area contributed by atoms with Gasteiger partial charge in [0.1, 0.15) is 0 Å². The molecule has 0 radical (unpaired) electrons. The van der Waals surface area contributed by atoms with Crippen molar-refractivity contribution in [3.05, 3.63) is 95.2 Å². The van der Waals surface area contributed by atoms with Gasteiger partial charge in [0.25, 0.3) is 5.89 Å². The smallest absolute Gasteiger partial charge is 0.257 e. The quantitative estimate of drug-likeness (QED) is 0.337. The van der Waals surface area contributed by atoms with E-state index in [1.54, 1.807) is 11.3 Å². The maximum Gasteiger partial charge on any atom is 0.257 e. The molecule has 0 aliphatic rings. The number of amides is 1. The van der Waals surface area contributed by atoms with Gasteiger partial charge in [-0.1, -0.05) is 73.7 Å². The van der Waals surface area contributed by atoms with E-state index in [4.69, 9.17) is 4.42 Å². The van der Waals surface area contributed by atoms with Crippen molar-refractivity contribution < 1.29 is 9.21 Å². The Balaban J connectivity index is 1.42. The highest BCUT2D eigenvalue weighted by molar-refractivity contribution is 7.13. The number of aromatic nitrogens is 2. The average molecular weight is 461 g/mol. The Kier molecular flexibility index (Phi) is 8.00. The molecule has 6 nitrogen and oxygen atoms in total. The number of carbonyl (C=O) groups excluding carboxylic acids is 1. The monoisotopic (exact) mass is 460 g/mol. The van der Waals surface area contributed by atoms with Crippen LogP contribution in [0.25, 0.3) is 10.8 Å². The van der Waals surface area contributed by atoms with E-state index in [0.29, 0.717) is 18.3 Å². The van der Waals surface area contributed by atoms with Gasteiger partial charge in [0, 0.05) is 0 Å². The number of hydrogen-bond acceptors (Lipinski definition) is 6. The molecule has 4 aromatic rings. The van der Waals surface area contributed by atoms with Crippen LogP contribution in [0, 0.1) is 0 Å². The van der Waals surface area contributed by atoms with E-state index in [0.717, 1.165) is 29.8 Å². The predicted molar refractivity (Wildman–Crippen MR) is 131 cm³/mol. The lowest BCUT2D eigenvalue weighted by Crippen LogP contribution is -2.39. The lowest BCUT2D eigenvalue weighted by atomic mass is 9.99. The summed E-state index contributed by atoms with van der Waals surface area (Å²) < 4.78 is 5.83. The molecule has 7 heteroatoms. The van der Waals surface area contributed by atoms with E-state index >= 15 is 0 Å². The lowest BCUT2D eigenvalue weighted by Gasteiger charge is -2.23. The van der Waals surface area contributed by atoms with E-state index < -0.39 is 0 Å². The molecule has 0 bridgehead atoms. The summed E-state index contributed by atoms with van der Waals surface area (Å²) in [5.74, 6) is 1.02. The first-order chi connectivity index (χ1) is 16.2. The Morgan fingerprint density at radius 3 is 2.48 bits per heavy atom. The number of benzene rings is 2. The maximum atomic E-state index is 13.1. The molecule has 0 spiro atoms. The highest BCUT2D eigenvalue weighted by Gasteiger charge is 2.19. The van der Waals surface area contributed by atoms with Crippen LogP contribution in [0.5, 0.6) is 0 Å². The van der Waals surface area contributed by atoms with Gasteiger partial charge in [-0.15, -0.1) is 21.5 Å². The maximum absolute atomic E-state index is 13.1. The van der Waals surface area contributed by atoms with Gasteiger partial charge in [0.05, 0.1) is 24.0 Å². The largest absolute Gasteiger partial charge is 0.419 e. The summed E-state index contributed by atoms with van der Waals surface area (Å²) in [5, 5.41) is 13.6. The van der Waals surface area contributed by atoms with Gasteiger partial charge < -0.3 is 9.73 Å². The van der Waals surface area contributed by atoms with Crippen molar-refractivity contribution in [1.82, 2.24) is 20.4 Å². The molecule has 0 fully saturated rings. The Morgan fingerprint density at radius 1 is 1.03 bits per heavy atom. The first-order valence-corrected chi connectivity index (χ1v) is 12.1. The summed E-state index contributed by atoms with van der Waals surface area (Å²) in [6, 6.07) is 24.2. The molecule has 2 heterocycles. The molecule has 0 saturated carbocycles. The van der Waals surface area contributed by atoms with Gasteiger partial charge in [0.2, 0.25) is 11.8 Å². The molecule has 2 aromatic carbocycles. The van der Waals surface area contributed by atoms with E-state index in [1.807, 2.05) is 58.8 Å². The molecule has 0 aliphatic heterocycles. The van der Waals surface area contributed by atoms with Gasteiger partial charge in [-0.2, -0.15) is 0 Å². The SMILES string of the molecule is CCCN(CC(=O)NC(Cc1ccccc1)c1ccccc1)Cc1nnc(-c2cccs2)o1. The van der Waals surface area contributed by atoms with Crippen LogP contribution in [0.1, 0.15) is 36.4 Å². The summed E-state index contributed by atoms with van der Waals surface area (Å²) in [6.07, 6.45) is 1.66. The molecule has 0 saturated heterocycles. The zero-order valence-electron chi connectivity index (χ0n) is 18.7. The normalized spacial score (nSPS) is 12.1. The van der Waals surface area contributed by atoms with Crippen molar-refractivity contribution in [2.24, 2.45) is 0 Å². The molecule has 170 valence electrons. The second-order valence-corrected chi connectivity index (χ2v) is 8.86. The molecule has 1 unspecified atom stereocenters. The van der Waals surface area contributed by atoms with Crippen LogP contribution < -0.4 is 5.32 Å². The van der Waals surface area contributed by atoms with Gasteiger partial charge in [-0.3, -0.25) is 9.69 Å². The second-order valence-electron chi connectivity index (χ2n) is 7.91. The topological polar surface area (TPSA) is 71.3 Å². The van der Waals surface area contributed by atoms with Crippen molar-refractivity contribution in [1.29, 1.82) is 0 Å². The minimum absolute atomic E-state index is 0.0220. The minimum atomic E-state index is -0.0987. The summed E-state index contributed by atoms with van der Waals surface area (Å²) in [7, 11) is 0. The van der Waals surface area contributed by atoms with Gasteiger partial charge >= 0.3 is 0 Å². The molecule has 0 aliphatic carbocycles. The van der Waals surface area contributed by atoms with E-state index in [-0.39, 0.29) is 18.5 Å². The first-order valence-electron chi connectivity index (χ1n) is 11.2. The fourth-order valence-electron chi connectivity index (χ4n) is 3.77. The first kappa shape index (κ1) is 22.9. The van der Waals surface area contributed by atoms with Crippen molar-refractivity contribution >= 4 is 17.2 Å². The van der Waals surface area contributed by atoms with Crippen LogP contribution in [0.4, 0.5) is 0 Å². The summed E-state index contributed by atoms with van der Waals surface area (Å²) in [5.41, 5.74) is 2.28. The average Bonchev–Trinajstić information content (AvgIpc) is 3.52. The molecule has 33 heavy (non-hydrogen) atoms. The molecular weight excluding hydrogens is 432 g/mol. The third kappa shape index (κ3) is 6.60. The number of hydrogen-bond donors (Lipinski definition) is 1. The molecule has 1 amide bonds. The van der Waals surface area contributed by atoms with Gasteiger partial charge in [-0.25, -0.2) is 0 Å². The fourth-order valence-corrected chi connectivity index (χ4v) is 4.41. The number of carbonyl (C=O) groups is 1. The molecule has 1 N–H and O–H groups in total. The zero-order valence-corrected chi connectivity index (χ0v) is 19.5. The molecule has 1 atom stereocenters. The third-order valence-corrected chi connectivity index (χ3v) is 6.14. The van der Waals surface area contributed by atoms with E-state index in [9.17, 15) is 4.79 Å². The van der Waals surface area contributed by atoms with Crippen molar-refractivity contribution in [3.8, 4) is 10.8 Å². The molecular formula is C26H28N4O2S. The van der Waals surface area contributed by atoms with Crippen LogP contribution in [0.2, 0.25) is 0 Å². The van der Waals surface area contributed by atoms with E-state index in [1.165, 1.54) is 5.56 Å². The number of rotatable bonds is 11. The Labute approximate surface area is 198 Å². The Morgan fingerprint density at radius 2 is 1.79 bits per heavy atom.